The summed E-state index contributed by atoms with van der Waals surface area (Å²) in [5, 5.41) is 18.3. The molecule has 0 bridgehead atoms. The van der Waals surface area contributed by atoms with Gasteiger partial charge in [0.2, 0.25) is 0 Å². The highest BCUT2D eigenvalue weighted by molar-refractivity contribution is 5.85. The molecule has 0 fully saturated rings. The van der Waals surface area contributed by atoms with Crippen molar-refractivity contribution in [2.24, 2.45) is 0 Å². The van der Waals surface area contributed by atoms with Crippen LogP contribution in [0.25, 0.3) is 0 Å². The van der Waals surface area contributed by atoms with Gasteiger partial charge in [0.15, 0.2) is 0 Å². The summed E-state index contributed by atoms with van der Waals surface area (Å²) in [5.74, 6) is -0.760. The van der Waals surface area contributed by atoms with E-state index in [1.165, 1.54) is 0 Å². The predicted molar refractivity (Wildman–Crippen MR) is 58.7 cm³/mol. The first kappa shape index (κ1) is 10.3. The van der Waals surface area contributed by atoms with Crippen LogP contribution in [-0.2, 0) is 6.42 Å². The maximum Gasteiger partial charge on any atom is 0.352 e. The molecule has 1 aromatic carbocycles. The van der Waals surface area contributed by atoms with Crippen LogP contribution in [0, 0.1) is 0 Å². The van der Waals surface area contributed by atoms with Crippen LogP contribution in [0.2, 0.25) is 0 Å². The Morgan fingerprint density at radius 2 is 2.06 bits per heavy atom. The average Bonchev–Trinajstić information content (AvgIpc) is 2.70. The van der Waals surface area contributed by atoms with Gasteiger partial charge in [-0.2, -0.15) is 0 Å². The van der Waals surface area contributed by atoms with Gasteiger partial charge in [0.05, 0.1) is 0 Å². The quantitative estimate of drug-likeness (QED) is 0.736. The van der Waals surface area contributed by atoms with Crippen molar-refractivity contribution in [1.29, 1.82) is 0 Å². The van der Waals surface area contributed by atoms with Crippen molar-refractivity contribution < 1.29 is 15.0 Å². The maximum absolute atomic E-state index is 10.7. The summed E-state index contributed by atoms with van der Waals surface area (Å²) >= 11 is 0. The van der Waals surface area contributed by atoms with Gasteiger partial charge >= 0.3 is 5.97 Å². The Kier molecular flexibility index (Phi) is 2.64. The second kappa shape index (κ2) is 4.10. The van der Waals surface area contributed by atoms with Crippen molar-refractivity contribution in [1.82, 2.24) is 4.98 Å². The van der Waals surface area contributed by atoms with Crippen LogP contribution in [0.1, 0.15) is 21.6 Å². The second-order valence-electron chi connectivity index (χ2n) is 3.53. The number of aromatic amines is 1. The Morgan fingerprint density at radius 3 is 2.69 bits per heavy atom. The molecule has 0 aliphatic carbocycles. The van der Waals surface area contributed by atoms with E-state index in [0.29, 0.717) is 6.42 Å². The highest BCUT2D eigenvalue weighted by Gasteiger charge is 2.07. The molecule has 0 unspecified atom stereocenters. The Hall–Kier alpha value is -2.23. The zero-order valence-electron chi connectivity index (χ0n) is 8.47. The average molecular weight is 217 g/mol. The number of carbonyl (C=O) groups is 1. The Bertz CT molecular complexity index is 516. The van der Waals surface area contributed by atoms with Gasteiger partial charge in [-0.1, -0.05) is 18.2 Å². The number of carboxylic acid groups (broad SMARTS) is 1. The van der Waals surface area contributed by atoms with Crippen molar-refractivity contribution in [2.45, 2.75) is 6.42 Å². The third-order valence-corrected chi connectivity index (χ3v) is 2.36. The van der Waals surface area contributed by atoms with E-state index in [-0.39, 0.29) is 11.4 Å². The maximum atomic E-state index is 10.7. The van der Waals surface area contributed by atoms with Gasteiger partial charge in [-0.25, -0.2) is 4.79 Å². The van der Waals surface area contributed by atoms with Gasteiger partial charge in [0.1, 0.15) is 11.4 Å². The third kappa shape index (κ3) is 2.06. The lowest BCUT2D eigenvalue weighted by Crippen LogP contribution is -1.94. The highest BCUT2D eigenvalue weighted by Crippen LogP contribution is 2.19. The SMILES string of the molecule is O=C(O)c1cc(Cc2ccccc2O)c[nH]1. The molecule has 0 saturated carbocycles. The largest absolute Gasteiger partial charge is 0.508 e. The summed E-state index contributed by atoms with van der Waals surface area (Å²) in [5.41, 5.74) is 1.77. The first-order chi connectivity index (χ1) is 7.66. The van der Waals surface area contributed by atoms with Gasteiger partial charge < -0.3 is 15.2 Å². The molecule has 2 aromatic rings. The van der Waals surface area contributed by atoms with Crippen LogP contribution in [0.3, 0.4) is 0 Å². The highest BCUT2D eigenvalue weighted by atomic mass is 16.4. The lowest BCUT2D eigenvalue weighted by Gasteiger charge is -2.01. The summed E-state index contributed by atoms with van der Waals surface area (Å²) in [6.07, 6.45) is 2.15. The Morgan fingerprint density at radius 1 is 1.31 bits per heavy atom. The van der Waals surface area contributed by atoms with E-state index in [1.54, 1.807) is 24.4 Å². The lowest BCUT2D eigenvalue weighted by atomic mass is 10.1. The minimum Gasteiger partial charge on any atom is -0.508 e. The number of benzene rings is 1. The number of para-hydroxylation sites is 1. The number of nitrogens with one attached hydrogen (secondary N) is 1. The molecular weight excluding hydrogens is 206 g/mol. The number of H-pyrrole nitrogens is 1. The van der Waals surface area contributed by atoms with Gasteiger partial charge in [-0.15, -0.1) is 0 Å². The van der Waals surface area contributed by atoms with Gasteiger partial charge in [0.25, 0.3) is 0 Å². The Labute approximate surface area is 92.2 Å². The van der Waals surface area contributed by atoms with Gasteiger partial charge in [-0.3, -0.25) is 0 Å². The zero-order chi connectivity index (χ0) is 11.5. The van der Waals surface area contributed by atoms with Crippen molar-refractivity contribution in [3.05, 3.63) is 53.3 Å². The molecular formula is C12H11NO3. The predicted octanol–water partition coefficient (Wildman–Crippen LogP) is 2.01. The molecule has 4 heteroatoms. The number of aromatic nitrogens is 1. The normalized spacial score (nSPS) is 10.2. The molecule has 1 heterocycles. The first-order valence-electron chi connectivity index (χ1n) is 4.84. The summed E-state index contributed by atoms with van der Waals surface area (Å²) in [7, 11) is 0. The molecule has 0 aliphatic rings. The zero-order valence-corrected chi connectivity index (χ0v) is 8.47. The van der Waals surface area contributed by atoms with Crippen LogP contribution in [0.15, 0.2) is 36.5 Å². The molecule has 2 rings (SSSR count). The monoisotopic (exact) mass is 217 g/mol. The van der Waals surface area contributed by atoms with E-state index >= 15 is 0 Å². The molecule has 0 radical (unpaired) electrons. The number of hydrogen-bond donors (Lipinski definition) is 3. The number of aromatic carboxylic acids is 1. The fraction of sp³-hybridized carbons (Fsp3) is 0.0833. The Balaban J connectivity index is 2.21. The standard InChI is InChI=1S/C12H11NO3/c14-11-4-2-1-3-9(11)5-8-6-10(12(15)16)13-7-8/h1-4,6-7,13-14H,5H2,(H,15,16). The summed E-state index contributed by atoms with van der Waals surface area (Å²) in [6.45, 7) is 0. The first-order valence-corrected chi connectivity index (χ1v) is 4.84. The van der Waals surface area contributed by atoms with E-state index in [4.69, 9.17) is 5.11 Å². The molecule has 82 valence electrons. The molecule has 0 spiro atoms. The summed E-state index contributed by atoms with van der Waals surface area (Å²) < 4.78 is 0. The lowest BCUT2D eigenvalue weighted by molar-refractivity contribution is 0.0691. The van der Waals surface area contributed by atoms with E-state index in [9.17, 15) is 9.90 Å². The topological polar surface area (TPSA) is 73.3 Å². The van der Waals surface area contributed by atoms with Crippen molar-refractivity contribution >= 4 is 5.97 Å². The summed E-state index contributed by atoms with van der Waals surface area (Å²) in [4.78, 5) is 13.3. The second-order valence-corrected chi connectivity index (χ2v) is 3.53. The van der Waals surface area contributed by atoms with E-state index < -0.39 is 5.97 Å². The minimum absolute atomic E-state index is 0.158. The fourth-order valence-electron chi connectivity index (χ4n) is 1.54. The smallest absolute Gasteiger partial charge is 0.352 e. The van der Waals surface area contributed by atoms with Crippen LogP contribution in [-0.4, -0.2) is 21.2 Å². The van der Waals surface area contributed by atoms with E-state index in [0.717, 1.165) is 11.1 Å². The number of phenolic OH excluding ortho intramolecular Hbond substituents is 1. The van der Waals surface area contributed by atoms with Crippen LogP contribution in [0.4, 0.5) is 0 Å². The van der Waals surface area contributed by atoms with Gasteiger partial charge in [-0.05, 0) is 23.3 Å². The molecule has 0 aliphatic heterocycles. The minimum atomic E-state index is -0.983. The number of aromatic hydroxyl groups is 1. The number of phenols is 1. The molecule has 0 amide bonds. The molecule has 16 heavy (non-hydrogen) atoms. The molecule has 1 aromatic heterocycles. The van der Waals surface area contributed by atoms with Crippen LogP contribution >= 0.6 is 0 Å². The number of hydrogen-bond acceptors (Lipinski definition) is 2. The molecule has 3 N–H and O–H groups in total. The molecule has 4 nitrogen and oxygen atoms in total. The van der Waals surface area contributed by atoms with Crippen molar-refractivity contribution in [3.63, 3.8) is 0 Å². The van der Waals surface area contributed by atoms with Gasteiger partial charge in [0, 0.05) is 12.6 Å². The van der Waals surface area contributed by atoms with Crippen molar-refractivity contribution in [3.8, 4) is 5.75 Å². The number of rotatable bonds is 3. The van der Waals surface area contributed by atoms with Crippen LogP contribution in [0.5, 0.6) is 5.75 Å². The van der Waals surface area contributed by atoms with E-state index in [2.05, 4.69) is 4.98 Å². The fourth-order valence-corrected chi connectivity index (χ4v) is 1.54. The number of carboxylic acids is 1. The van der Waals surface area contributed by atoms with Crippen LogP contribution < -0.4 is 0 Å². The summed E-state index contributed by atoms with van der Waals surface area (Å²) in [6, 6.07) is 8.57. The van der Waals surface area contributed by atoms with E-state index in [1.807, 2.05) is 12.1 Å². The van der Waals surface area contributed by atoms with Crippen molar-refractivity contribution in [2.75, 3.05) is 0 Å². The third-order valence-electron chi connectivity index (χ3n) is 2.36. The molecule has 0 atom stereocenters. The molecule has 0 saturated heterocycles.